The Morgan fingerprint density at radius 2 is 1.12 bits per heavy atom. The van der Waals surface area contributed by atoms with Gasteiger partial charge in [0.2, 0.25) is 0 Å². The Kier molecular flexibility index (Phi) is 6.24. The highest BCUT2D eigenvalue weighted by molar-refractivity contribution is 5.98. The molecule has 1 saturated heterocycles. The molecule has 1 aliphatic heterocycles. The van der Waals surface area contributed by atoms with Gasteiger partial charge in [-0.3, -0.25) is 29.8 Å². The maximum absolute atomic E-state index is 13.2. The highest BCUT2D eigenvalue weighted by Crippen LogP contribution is 2.27. The van der Waals surface area contributed by atoms with E-state index in [-0.39, 0.29) is 59.5 Å². The summed E-state index contributed by atoms with van der Waals surface area (Å²) in [7, 11) is 0. The monoisotopic (exact) mass is 440 g/mol. The molecule has 32 heavy (non-hydrogen) atoms. The molecule has 1 heterocycles. The lowest BCUT2D eigenvalue weighted by Gasteiger charge is -2.44. The largest absolute Gasteiger partial charge is 0.332 e. The van der Waals surface area contributed by atoms with E-state index in [0.29, 0.717) is 11.1 Å². The van der Waals surface area contributed by atoms with E-state index in [2.05, 4.69) is 0 Å². The van der Waals surface area contributed by atoms with Crippen LogP contribution in [-0.2, 0) is 0 Å². The standard InChI is InChI=1S/C22H24N4O6/c1-13-11-24(22(28)18-8-6-10-20(16(18)4)26(31)32)14(2)12-23(13)21(27)17-7-5-9-19(15(17)3)25(29)30/h5-10,13-14H,11-12H2,1-4H3. The SMILES string of the molecule is Cc1c(C(=O)N2CC(C)N(C(=O)c3cccc([N+](=O)[O-])c3C)CC2C)cccc1[N+](=O)[O-]. The van der Waals surface area contributed by atoms with Gasteiger partial charge in [0, 0.05) is 59.6 Å². The summed E-state index contributed by atoms with van der Waals surface area (Å²) < 4.78 is 0. The molecule has 1 aliphatic rings. The number of nitrogens with zero attached hydrogens (tertiary/aromatic N) is 4. The van der Waals surface area contributed by atoms with Crippen LogP contribution < -0.4 is 0 Å². The van der Waals surface area contributed by atoms with E-state index in [4.69, 9.17) is 0 Å². The maximum Gasteiger partial charge on any atom is 0.273 e. The molecular formula is C22H24N4O6. The Labute approximate surface area is 184 Å². The second-order valence-corrected chi connectivity index (χ2v) is 8.03. The van der Waals surface area contributed by atoms with Gasteiger partial charge in [-0.15, -0.1) is 0 Å². The van der Waals surface area contributed by atoms with Gasteiger partial charge in [-0.2, -0.15) is 0 Å². The van der Waals surface area contributed by atoms with Crippen molar-refractivity contribution in [2.45, 2.75) is 39.8 Å². The highest BCUT2D eigenvalue weighted by atomic mass is 16.6. The number of rotatable bonds is 4. The van der Waals surface area contributed by atoms with E-state index in [9.17, 15) is 29.8 Å². The van der Waals surface area contributed by atoms with Gasteiger partial charge in [-0.1, -0.05) is 12.1 Å². The first-order valence-electron chi connectivity index (χ1n) is 10.1. The van der Waals surface area contributed by atoms with Gasteiger partial charge in [-0.25, -0.2) is 0 Å². The van der Waals surface area contributed by atoms with Crippen molar-refractivity contribution in [1.82, 2.24) is 9.80 Å². The topological polar surface area (TPSA) is 127 Å². The second-order valence-electron chi connectivity index (χ2n) is 8.03. The Balaban J connectivity index is 1.85. The number of nitro benzene ring substituents is 2. The molecule has 0 bridgehead atoms. The Hall–Kier alpha value is -3.82. The molecule has 168 valence electrons. The van der Waals surface area contributed by atoms with E-state index in [1.165, 1.54) is 24.3 Å². The van der Waals surface area contributed by atoms with Crippen molar-refractivity contribution in [2.24, 2.45) is 0 Å². The molecule has 3 rings (SSSR count). The maximum atomic E-state index is 13.2. The molecule has 0 spiro atoms. The molecule has 2 unspecified atom stereocenters. The molecule has 10 heteroatoms. The minimum atomic E-state index is -0.518. The molecule has 2 aromatic rings. The summed E-state index contributed by atoms with van der Waals surface area (Å²) in [5, 5.41) is 22.5. The predicted molar refractivity (Wildman–Crippen MR) is 117 cm³/mol. The van der Waals surface area contributed by atoms with Crippen LogP contribution in [-0.4, -0.2) is 56.6 Å². The number of amides is 2. The predicted octanol–water partition coefficient (Wildman–Crippen LogP) is 3.50. The minimum Gasteiger partial charge on any atom is -0.332 e. The van der Waals surface area contributed by atoms with Crippen LogP contribution in [0, 0.1) is 34.1 Å². The lowest BCUT2D eigenvalue weighted by molar-refractivity contribution is -0.385. The summed E-state index contributed by atoms with van der Waals surface area (Å²) in [6, 6.07) is 8.11. The van der Waals surface area contributed by atoms with Crippen LogP contribution in [0.15, 0.2) is 36.4 Å². The molecule has 0 aliphatic carbocycles. The zero-order valence-electron chi connectivity index (χ0n) is 18.3. The number of piperazine rings is 1. The first-order chi connectivity index (χ1) is 15.0. The number of hydrogen-bond acceptors (Lipinski definition) is 6. The van der Waals surface area contributed by atoms with Crippen molar-refractivity contribution in [3.8, 4) is 0 Å². The van der Waals surface area contributed by atoms with Crippen LogP contribution in [0.1, 0.15) is 45.7 Å². The number of hydrogen-bond donors (Lipinski definition) is 0. The first-order valence-corrected chi connectivity index (χ1v) is 10.1. The van der Waals surface area contributed by atoms with E-state index in [0.717, 1.165) is 0 Å². The van der Waals surface area contributed by atoms with Crippen molar-refractivity contribution in [3.05, 3.63) is 78.9 Å². The summed E-state index contributed by atoms with van der Waals surface area (Å²) in [4.78, 5) is 51.0. The van der Waals surface area contributed by atoms with Crippen molar-refractivity contribution >= 4 is 23.2 Å². The lowest BCUT2D eigenvalue weighted by Crippen LogP contribution is -2.59. The number of carbonyl (C=O) groups is 2. The quantitative estimate of drug-likeness (QED) is 0.529. The second kappa shape index (κ2) is 8.74. The fourth-order valence-electron chi connectivity index (χ4n) is 4.11. The van der Waals surface area contributed by atoms with Gasteiger partial charge in [0.15, 0.2) is 0 Å². The third kappa shape index (κ3) is 4.03. The van der Waals surface area contributed by atoms with Gasteiger partial charge >= 0.3 is 0 Å². The third-order valence-corrected chi connectivity index (χ3v) is 5.97. The van der Waals surface area contributed by atoms with Crippen molar-refractivity contribution in [2.75, 3.05) is 13.1 Å². The number of carbonyl (C=O) groups excluding carboxylic acids is 2. The number of nitro groups is 2. The van der Waals surface area contributed by atoms with Crippen molar-refractivity contribution in [3.63, 3.8) is 0 Å². The zero-order valence-corrected chi connectivity index (χ0v) is 18.3. The van der Waals surface area contributed by atoms with Gasteiger partial charge in [0.05, 0.1) is 9.85 Å². The van der Waals surface area contributed by atoms with Crippen LogP contribution >= 0.6 is 0 Å². The lowest BCUT2D eigenvalue weighted by atomic mass is 10.00. The van der Waals surface area contributed by atoms with E-state index >= 15 is 0 Å². The van der Waals surface area contributed by atoms with Crippen LogP contribution in [0.4, 0.5) is 11.4 Å². The van der Waals surface area contributed by atoms with Crippen LogP contribution in [0.25, 0.3) is 0 Å². The van der Waals surface area contributed by atoms with Crippen molar-refractivity contribution < 1.29 is 19.4 Å². The molecule has 2 atom stereocenters. The fourth-order valence-corrected chi connectivity index (χ4v) is 4.11. The molecule has 2 amide bonds. The molecule has 0 N–H and O–H groups in total. The Bertz CT molecular complexity index is 1030. The summed E-state index contributed by atoms with van der Waals surface area (Å²) in [5.74, 6) is -0.659. The fraction of sp³-hybridized carbons (Fsp3) is 0.364. The highest BCUT2D eigenvalue weighted by Gasteiger charge is 2.37. The van der Waals surface area contributed by atoms with E-state index < -0.39 is 9.85 Å². The Morgan fingerprint density at radius 1 is 0.781 bits per heavy atom. The molecule has 0 radical (unpaired) electrons. The normalized spacial score (nSPS) is 18.4. The zero-order chi connectivity index (χ0) is 23.7. The van der Waals surface area contributed by atoms with Gasteiger partial charge in [-0.05, 0) is 39.8 Å². The smallest absolute Gasteiger partial charge is 0.273 e. The third-order valence-electron chi connectivity index (χ3n) is 5.97. The van der Waals surface area contributed by atoms with Crippen LogP contribution in [0.5, 0.6) is 0 Å². The minimum absolute atomic E-state index is 0.119. The first kappa shape index (κ1) is 22.9. The average molecular weight is 440 g/mol. The average Bonchev–Trinajstić information content (AvgIpc) is 2.74. The number of benzene rings is 2. The van der Waals surface area contributed by atoms with Crippen LogP contribution in [0.3, 0.4) is 0 Å². The summed E-state index contributed by atoms with van der Waals surface area (Å²) in [5.41, 5.74) is 0.874. The molecular weight excluding hydrogens is 416 g/mol. The molecule has 0 aromatic heterocycles. The molecule has 0 saturated carbocycles. The molecule has 2 aromatic carbocycles. The summed E-state index contributed by atoms with van der Waals surface area (Å²) in [6.07, 6.45) is 0. The van der Waals surface area contributed by atoms with Crippen molar-refractivity contribution in [1.29, 1.82) is 0 Å². The van der Waals surface area contributed by atoms with E-state index in [1.54, 1.807) is 49.6 Å². The molecule has 10 nitrogen and oxygen atoms in total. The van der Waals surface area contributed by atoms with Gasteiger partial charge in [0.25, 0.3) is 23.2 Å². The Morgan fingerprint density at radius 3 is 1.44 bits per heavy atom. The van der Waals surface area contributed by atoms with Gasteiger partial charge < -0.3 is 9.80 Å². The van der Waals surface area contributed by atoms with Crippen LogP contribution in [0.2, 0.25) is 0 Å². The molecule has 1 fully saturated rings. The summed E-state index contributed by atoms with van der Waals surface area (Å²) in [6.45, 7) is 7.17. The van der Waals surface area contributed by atoms with E-state index in [1.807, 2.05) is 0 Å². The van der Waals surface area contributed by atoms with Gasteiger partial charge in [0.1, 0.15) is 0 Å². The summed E-state index contributed by atoms with van der Waals surface area (Å²) >= 11 is 0.